The summed E-state index contributed by atoms with van der Waals surface area (Å²) in [7, 11) is 0. The van der Waals surface area contributed by atoms with Crippen molar-refractivity contribution in [2.45, 2.75) is 33.1 Å². The number of aliphatic carboxylic acids is 1. The second-order valence-corrected chi connectivity index (χ2v) is 6.57. The molecule has 0 atom stereocenters. The summed E-state index contributed by atoms with van der Waals surface area (Å²) in [4.78, 5) is 23.3. The number of anilines is 1. The number of amides is 1. The number of carboxylic acid groups (broad SMARTS) is 1. The van der Waals surface area contributed by atoms with Crippen molar-refractivity contribution in [3.8, 4) is 17.2 Å². The SMILES string of the molecule is CCc1ccc(-c2c(C)sc(NC(=O)CCC(=O)O)c2C#N)cc1. The monoisotopic (exact) mass is 342 g/mol. The molecule has 5 nitrogen and oxygen atoms in total. The van der Waals surface area contributed by atoms with E-state index < -0.39 is 11.9 Å². The van der Waals surface area contributed by atoms with E-state index in [-0.39, 0.29) is 12.8 Å². The van der Waals surface area contributed by atoms with Crippen molar-refractivity contribution < 1.29 is 14.7 Å². The van der Waals surface area contributed by atoms with Gasteiger partial charge in [0.15, 0.2) is 0 Å². The maximum absolute atomic E-state index is 11.8. The predicted octanol–water partition coefficient (Wildman–Crippen LogP) is 3.96. The number of carboxylic acids is 1. The van der Waals surface area contributed by atoms with Crippen LogP contribution in [0.1, 0.15) is 35.8 Å². The average Bonchev–Trinajstić information content (AvgIpc) is 2.88. The number of carbonyl (C=O) groups is 2. The first-order chi connectivity index (χ1) is 11.5. The summed E-state index contributed by atoms with van der Waals surface area (Å²) in [5, 5.41) is 21.3. The van der Waals surface area contributed by atoms with Gasteiger partial charge in [-0.25, -0.2) is 0 Å². The summed E-state index contributed by atoms with van der Waals surface area (Å²) in [5.41, 5.74) is 3.39. The fourth-order valence-corrected chi connectivity index (χ4v) is 3.45. The molecule has 0 aliphatic rings. The van der Waals surface area contributed by atoms with Crippen LogP contribution in [-0.4, -0.2) is 17.0 Å². The van der Waals surface area contributed by atoms with Crippen LogP contribution in [0, 0.1) is 18.3 Å². The Morgan fingerprint density at radius 1 is 1.25 bits per heavy atom. The molecular weight excluding hydrogens is 324 g/mol. The normalized spacial score (nSPS) is 10.2. The molecule has 2 N–H and O–H groups in total. The van der Waals surface area contributed by atoms with Gasteiger partial charge in [-0.3, -0.25) is 9.59 Å². The summed E-state index contributed by atoms with van der Waals surface area (Å²) in [6.07, 6.45) is 0.597. The first kappa shape index (κ1) is 17.7. The third-order valence-electron chi connectivity index (χ3n) is 3.67. The highest BCUT2D eigenvalue weighted by Gasteiger charge is 2.19. The zero-order valence-corrected chi connectivity index (χ0v) is 14.4. The zero-order chi connectivity index (χ0) is 17.7. The first-order valence-corrected chi connectivity index (χ1v) is 8.42. The van der Waals surface area contributed by atoms with Gasteiger partial charge in [0.1, 0.15) is 11.1 Å². The minimum absolute atomic E-state index is 0.113. The molecule has 2 aromatic rings. The summed E-state index contributed by atoms with van der Waals surface area (Å²) in [6.45, 7) is 3.98. The van der Waals surface area contributed by atoms with Gasteiger partial charge in [0, 0.05) is 16.9 Å². The molecule has 0 bridgehead atoms. The third kappa shape index (κ3) is 4.00. The van der Waals surface area contributed by atoms with Crippen LogP contribution < -0.4 is 5.32 Å². The molecule has 0 saturated carbocycles. The van der Waals surface area contributed by atoms with Gasteiger partial charge in [0.2, 0.25) is 5.91 Å². The van der Waals surface area contributed by atoms with Crippen LogP contribution in [0.3, 0.4) is 0 Å². The minimum Gasteiger partial charge on any atom is -0.481 e. The Kier molecular flexibility index (Phi) is 5.72. The smallest absolute Gasteiger partial charge is 0.303 e. The van der Waals surface area contributed by atoms with E-state index in [4.69, 9.17) is 5.11 Å². The maximum atomic E-state index is 11.8. The van der Waals surface area contributed by atoms with E-state index in [2.05, 4.69) is 18.3 Å². The van der Waals surface area contributed by atoms with Gasteiger partial charge in [-0.15, -0.1) is 11.3 Å². The van der Waals surface area contributed by atoms with Gasteiger partial charge in [-0.1, -0.05) is 31.2 Å². The Hall–Kier alpha value is -2.65. The van der Waals surface area contributed by atoms with Crippen molar-refractivity contribution in [1.82, 2.24) is 0 Å². The Labute approximate surface area is 144 Å². The lowest BCUT2D eigenvalue weighted by Gasteiger charge is -2.05. The second-order valence-electron chi connectivity index (χ2n) is 5.34. The Morgan fingerprint density at radius 3 is 2.46 bits per heavy atom. The van der Waals surface area contributed by atoms with Gasteiger partial charge < -0.3 is 10.4 Å². The number of thiophene rings is 1. The van der Waals surface area contributed by atoms with Crippen molar-refractivity contribution in [1.29, 1.82) is 5.26 Å². The van der Waals surface area contributed by atoms with Crippen molar-refractivity contribution >= 4 is 28.2 Å². The Balaban J connectivity index is 2.31. The predicted molar refractivity (Wildman–Crippen MR) is 94.1 cm³/mol. The van der Waals surface area contributed by atoms with Crippen LogP contribution in [0.2, 0.25) is 0 Å². The van der Waals surface area contributed by atoms with Crippen LogP contribution >= 0.6 is 11.3 Å². The molecule has 0 aliphatic carbocycles. The molecule has 1 heterocycles. The number of nitrogens with zero attached hydrogens (tertiary/aromatic N) is 1. The molecule has 0 spiro atoms. The minimum atomic E-state index is -1.02. The molecule has 0 saturated heterocycles. The fraction of sp³-hybridized carbons (Fsp3) is 0.278. The lowest BCUT2D eigenvalue weighted by molar-refractivity contribution is -0.138. The molecule has 0 fully saturated rings. The largest absolute Gasteiger partial charge is 0.481 e. The van der Waals surface area contributed by atoms with Crippen molar-refractivity contribution in [2.75, 3.05) is 5.32 Å². The number of nitrogens with one attached hydrogen (secondary N) is 1. The lowest BCUT2D eigenvalue weighted by Crippen LogP contribution is -2.13. The van der Waals surface area contributed by atoms with Gasteiger partial charge >= 0.3 is 5.97 Å². The summed E-state index contributed by atoms with van der Waals surface area (Å²) in [5.74, 6) is -1.42. The first-order valence-electron chi connectivity index (χ1n) is 7.60. The highest BCUT2D eigenvalue weighted by Crippen LogP contribution is 2.39. The molecule has 0 aliphatic heterocycles. The van der Waals surface area contributed by atoms with E-state index in [1.54, 1.807) is 0 Å². The number of carbonyl (C=O) groups excluding carboxylic acids is 1. The topological polar surface area (TPSA) is 90.2 Å². The van der Waals surface area contributed by atoms with Crippen molar-refractivity contribution in [3.63, 3.8) is 0 Å². The summed E-state index contributed by atoms with van der Waals surface area (Å²) in [6, 6.07) is 10.2. The molecule has 2 rings (SSSR count). The number of hydrogen-bond donors (Lipinski definition) is 2. The molecule has 1 amide bonds. The second kappa shape index (κ2) is 7.75. The highest BCUT2D eigenvalue weighted by molar-refractivity contribution is 7.17. The summed E-state index contributed by atoms with van der Waals surface area (Å²) >= 11 is 1.33. The quantitative estimate of drug-likeness (QED) is 0.831. The van der Waals surface area contributed by atoms with E-state index in [9.17, 15) is 14.9 Å². The number of benzene rings is 1. The van der Waals surface area contributed by atoms with Gasteiger partial charge in [0.25, 0.3) is 0 Å². The van der Waals surface area contributed by atoms with E-state index in [1.807, 2.05) is 31.2 Å². The van der Waals surface area contributed by atoms with Gasteiger partial charge in [-0.05, 0) is 24.5 Å². The van der Waals surface area contributed by atoms with Crippen LogP contribution in [0.5, 0.6) is 0 Å². The molecule has 0 radical (unpaired) electrons. The highest BCUT2D eigenvalue weighted by atomic mass is 32.1. The Morgan fingerprint density at radius 2 is 1.92 bits per heavy atom. The van der Waals surface area contributed by atoms with Gasteiger partial charge in [-0.2, -0.15) is 5.26 Å². The maximum Gasteiger partial charge on any atom is 0.303 e. The average molecular weight is 342 g/mol. The number of rotatable bonds is 6. The zero-order valence-electron chi connectivity index (χ0n) is 13.5. The van der Waals surface area contributed by atoms with Crippen LogP contribution in [0.4, 0.5) is 5.00 Å². The van der Waals surface area contributed by atoms with E-state index in [0.717, 1.165) is 22.4 Å². The van der Waals surface area contributed by atoms with E-state index in [1.165, 1.54) is 16.9 Å². The van der Waals surface area contributed by atoms with Gasteiger partial charge in [0.05, 0.1) is 12.0 Å². The van der Waals surface area contributed by atoms with Crippen LogP contribution in [0.15, 0.2) is 24.3 Å². The molecule has 124 valence electrons. The number of aryl methyl sites for hydroxylation is 2. The number of hydrogen-bond acceptors (Lipinski definition) is 4. The molecule has 1 aromatic heterocycles. The number of nitriles is 1. The Bertz CT molecular complexity index is 801. The molecule has 1 aromatic carbocycles. The van der Waals surface area contributed by atoms with E-state index in [0.29, 0.717) is 10.6 Å². The van der Waals surface area contributed by atoms with Crippen LogP contribution in [0.25, 0.3) is 11.1 Å². The molecule has 6 heteroatoms. The summed E-state index contributed by atoms with van der Waals surface area (Å²) < 4.78 is 0. The van der Waals surface area contributed by atoms with Crippen molar-refractivity contribution in [3.05, 3.63) is 40.3 Å². The van der Waals surface area contributed by atoms with E-state index >= 15 is 0 Å². The lowest BCUT2D eigenvalue weighted by atomic mass is 10.00. The molecular formula is C18H18N2O3S. The molecule has 24 heavy (non-hydrogen) atoms. The van der Waals surface area contributed by atoms with Crippen molar-refractivity contribution in [2.24, 2.45) is 0 Å². The van der Waals surface area contributed by atoms with Crippen LogP contribution in [-0.2, 0) is 16.0 Å². The fourth-order valence-electron chi connectivity index (χ4n) is 2.40. The third-order valence-corrected chi connectivity index (χ3v) is 4.69. The molecule has 0 unspecified atom stereocenters. The standard InChI is InChI=1S/C18H18N2O3S/c1-3-12-4-6-13(7-5-12)17-11(2)24-18(14(17)10-19)20-15(21)8-9-16(22)23/h4-7H,3,8-9H2,1-2H3,(H,20,21)(H,22,23).